The zero-order chi connectivity index (χ0) is 10.6. The molecule has 0 atom stereocenters. The fraction of sp³-hybridized carbons (Fsp3) is 1.00. The highest BCUT2D eigenvalue weighted by atomic mass is 14.9. The van der Waals surface area contributed by atoms with Crippen LogP contribution in [0.1, 0.15) is 64.7 Å². The van der Waals surface area contributed by atoms with Gasteiger partial charge in [-0.15, -0.1) is 0 Å². The molecule has 0 unspecified atom stereocenters. The van der Waals surface area contributed by atoms with E-state index in [0.29, 0.717) is 0 Å². The van der Waals surface area contributed by atoms with Crippen molar-refractivity contribution in [1.82, 2.24) is 5.32 Å². The van der Waals surface area contributed by atoms with Crippen molar-refractivity contribution in [3.8, 4) is 0 Å². The van der Waals surface area contributed by atoms with E-state index < -0.39 is 0 Å². The first-order chi connectivity index (χ1) is 7.35. The minimum absolute atomic E-state index is 0.726. The van der Waals surface area contributed by atoms with Crippen molar-refractivity contribution in [2.24, 2.45) is 11.3 Å². The largest absolute Gasteiger partial charge is 0.316 e. The summed E-state index contributed by atoms with van der Waals surface area (Å²) in [6.07, 6.45) is 13.3. The summed E-state index contributed by atoms with van der Waals surface area (Å²) < 4.78 is 0. The van der Waals surface area contributed by atoms with Crippen molar-refractivity contribution < 1.29 is 0 Å². The van der Waals surface area contributed by atoms with Crippen molar-refractivity contribution in [3.05, 3.63) is 0 Å². The fourth-order valence-electron chi connectivity index (χ4n) is 3.49. The van der Waals surface area contributed by atoms with E-state index >= 15 is 0 Å². The third-order valence-corrected chi connectivity index (χ3v) is 4.54. The van der Waals surface area contributed by atoms with Crippen LogP contribution in [0, 0.1) is 11.3 Å². The summed E-state index contributed by atoms with van der Waals surface area (Å²) in [5.41, 5.74) is 0.726. The van der Waals surface area contributed by atoms with E-state index in [0.717, 1.165) is 11.3 Å². The Hall–Kier alpha value is -0.0400. The van der Waals surface area contributed by atoms with Crippen LogP contribution >= 0.6 is 0 Å². The molecule has 0 aromatic carbocycles. The lowest BCUT2D eigenvalue weighted by Crippen LogP contribution is -2.41. The Morgan fingerprint density at radius 1 is 1.13 bits per heavy atom. The lowest BCUT2D eigenvalue weighted by atomic mass is 9.64. The van der Waals surface area contributed by atoms with E-state index in [-0.39, 0.29) is 0 Å². The predicted octanol–water partition coefficient (Wildman–Crippen LogP) is 3.74. The topological polar surface area (TPSA) is 12.0 Å². The van der Waals surface area contributed by atoms with Crippen molar-refractivity contribution in [2.75, 3.05) is 13.1 Å². The Morgan fingerprint density at radius 3 is 2.40 bits per heavy atom. The highest BCUT2D eigenvalue weighted by Gasteiger charge is 2.38. The summed E-state index contributed by atoms with van der Waals surface area (Å²) in [5.74, 6) is 1.08. The van der Waals surface area contributed by atoms with Crippen LogP contribution in [0.3, 0.4) is 0 Å². The molecule has 0 bridgehead atoms. The van der Waals surface area contributed by atoms with E-state index in [4.69, 9.17) is 0 Å². The molecule has 0 aromatic rings. The van der Waals surface area contributed by atoms with Crippen LogP contribution in [0.15, 0.2) is 0 Å². The van der Waals surface area contributed by atoms with Gasteiger partial charge in [0.2, 0.25) is 0 Å². The van der Waals surface area contributed by atoms with Crippen LogP contribution in [-0.4, -0.2) is 13.1 Å². The molecule has 0 radical (unpaired) electrons. The second-order valence-corrected chi connectivity index (χ2v) is 5.88. The van der Waals surface area contributed by atoms with Crippen LogP contribution in [-0.2, 0) is 0 Å². The maximum Gasteiger partial charge on any atom is 0.000791 e. The minimum Gasteiger partial charge on any atom is -0.316 e. The van der Waals surface area contributed by atoms with Gasteiger partial charge in [0, 0.05) is 6.54 Å². The average molecular weight is 209 g/mol. The Kier molecular flexibility index (Phi) is 4.07. The zero-order valence-electron chi connectivity index (χ0n) is 10.4. The van der Waals surface area contributed by atoms with Crippen LogP contribution < -0.4 is 5.32 Å². The van der Waals surface area contributed by atoms with Gasteiger partial charge in [-0.2, -0.15) is 0 Å². The standard InChI is InChI=1S/C14H27N/c1-2-10-15-12-14(8-5-9-14)11-13-6-3-4-7-13/h13,15H,2-12H2,1H3. The number of hydrogen-bond acceptors (Lipinski definition) is 1. The van der Waals surface area contributed by atoms with E-state index in [1.807, 2.05) is 0 Å². The molecule has 2 aliphatic carbocycles. The summed E-state index contributed by atoms with van der Waals surface area (Å²) in [4.78, 5) is 0. The van der Waals surface area contributed by atoms with E-state index in [1.165, 1.54) is 70.9 Å². The van der Waals surface area contributed by atoms with Crippen molar-refractivity contribution in [2.45, 2.75) is 64.7 Å². The highest BCUT2D eigenvalue weighted by Crippen LogP contribution is 2.48. The molecule has 15 heavy (non-hydrogen) atoms. The normalized spacial score (nSPS) is 25.4. The third kappa shape index (κ3) is 2.96. The average Bonchev–Trinajstić information content (AvgIpc) is 2.66. The Bertz CT molecular complexity index is 178. The molecule has 0 aliphatic heterocycles. The molecule has 2 saturated carbocycles. The van der Waals surface area contributed by atoms with Crippen molar-refractivity contribution >= 4 is 0 Å². The van der Waals surface area contributed by atoms with E-state index in [9.17, 15) is 0 Å². The molecular formula is C14H27N. The first-order valence-corrected chi connectivity index (χ1v) is 7.05. The van der Waals surface area contributed by atoms with Gasteiger partial charge in [-0.3, -0.25) is 0 Å². The van der Waals surface area contributed by atoms with Crippen LogP contribution in [0.25, 0.3) is 0 Å². The monoisotopic (exact) mass is 209 g/mol. The molecule has 2 fully saturated rings. The molecule has 0 saturated heterocycles. The van der Waals surface area contributed by atoms with Gasteiger partial charge in [0.1, 0.15) is 0 Å². The van der Waals surface area contributed by atoms with Crippen molar-refractivity contribution in [1.29, 1.82) is 0 Å². The van der Waals surface area contributed by atoms with Crippen LogP contribution in [0.5, 0.6) is 0 Å². The molecule has 1 heteroatoms. The third-order valence-electron chi connectivity index (χ3n) is 4.54. The maximum atomic E-state index is 3.65. The molecule has 2 rings (SSSR count). The first kappa shape index (κ1) is 11.4. The Balaban J connectivity index is 1.74. The van der Waals surface area contributed by atoms with Gasteiger partial charge in [0.25, 0.3) is 0 Å². The molecule has 0 heterocycles. The smallest absolute Gasteiger partial charge is 0.000791 e. The van der Waals surface area contributed by atoms with E-state index in [2.05, 4.69) is 12.2 Å². The van der Waals surface area contributed by atoms with Gasteiger partial charge >= 0.3 is 0 Å². The van der Waals surface area contributed by atoms with Gasteiger partial charge in [0.15, 0.2) is 0 Å². The summed E-state index contributed by atoms with van der Waals surface area (Å²) in [5, 5.41) is 3.65. The molecule has 1 N–H and O–H groups in total. The molecule has 0 amide bonds. The van der Waals surface area contributed by atoms with Gasteiger partial charge in [-0.1, -0.05) is 39.0 Å². The van der Waals surface area contributed by atoms with E-state index in [1.54, 1.807) is 0 Å². The fourth-order valence-corrected chi connectivity index (χ4v) is 3.49. The van der Waals surface area contributed by atoms with Crippen molar-refractivity contribution in [3.63, 3.8) is 0 Å². The van der Waals surface area contributed by atoms with Gasteiger partial charge < -0.3 is 5.32 Å². The maximum absolute atomic E-state index is 3.65. The Labute approximate surface area is 95.0 Å². The van der Waals surface area contributed by atoms with Crippen LogP contribution in [0.2, 0.25) is 0 Å². The number of rotatable bonds is 6. The molecule has 2 aliphatic rings. The summed E-state index contributed by atoms with van der Waals surface area (Å²) in [6.45, 7) is 4.78. The van der Waals surface area contributed by atoms with Crippen LogP contribution in [0.4, 0.5) is 0 Å². The zero-order valence-corrected chi connectivity index (χ0v) is 10.4. The second-order valence-electron chi connectivity index (χ2n) is 5.88. The minimum atomic E-state index is 0.726. The number of hydrogen-bond donors (Lipinski definition) is 1. The first-order valence-electron chi connectivity index (χ1n) is 7.05. The second kappa shape index (κ2) is 5.34. The molecule has 1 nitrogen and oxygen atoms in total. The summed E-state index contributed by atoms with van der Waals surface area (Å²) in [7, 11) is 0. The van der Waals surface area contributed by atoms with Gasteiger partial charge in [0.05, 0.1) is 0 Å². The predicted molar refractivity (Wildman–Crippen MR) is 66.0 cm³/mol. The summed E-state index contributed by atoms with van der Waals surface area (Å²) in [6, 6.07) is 0. The molecule has 88 valence electrons. The SMILES string of the molecule is CCCNCC1(CC2CCCC2)CCC1. The molecular weight excluding hydrogens is 182 g/mol. The highest BCUT2D eigenvalue weighted by molar-refractivity contribution is 4.92. The lowest BCUT2D eigenvalue weighted by molar-refractivity contribution is 0.0925. The number of nitrogens with one attached hydrogen (secondary N) is 1. The quantitative estimate of drug-likeness (QED) is 0.657. The molecule has 0 aromatic heterocycles. The summed E-state index contributed by atoms with van der Waals surface area (Å²) >= 11 is 0. The lowest BCUT2D eigenvalue weighted by Gasteiger charge is -2.44. The molecule has 0 spiro atoms. The van der Waals surface area contributed by atoms with Gasteiger partial charge in [-0.25, -0.2) is 0 Å². The van der Waals surface area contributed by atoms with Gasteiger partial charge in [-0.05, 0) is 43.6 Å². The Morgan fingerprint density at radius 2 is 1.87 bits per heavy atom.